The molecular formula is C7H12O5P+. The molecule has 1 saturated heterocycles. The van der Waals surface area contributed by atoms with Crippen LogP contribution in [0.1, 0.15) is 20.3 Å². The molecule has 0 aromatic carbocycles. The van der Waals surface area contributed by atoms with Gasteiger partial charge in [-0.1, -0.05) is 6.92 Å². The third-order valence-corrected chi connectivity index (χ3v) is 2.96. The zero-order valence-corrected chi connectivity index (χ0v) is 8.45. The highest BCUT2D eigenvalue weighted by Gasteiger charge is 2.44. The van der Waals surface area contributed by atoms with E-state index in [9.17, 15) is 9.36 Å². The van der Waals surface area contributed by atoms with Gasteiger partial charge in [0.05, 0.1) is 0 Å². The number of carbonyl (C=O) groups is 1. The Bertz CT molecular complexity index is 217. The fraction of sp³-hybridized carbons (Fsp3) is 0.857. The number of carbonyl (C=O) groups excluding carboxylic acids is 1. The predicted octanol–water partition coefficient (Wildman–Crippen LogP) is 2.04. The van der Waals surface area contributed by atoms with Gasteiger partial charge in [-0.15, -0.1) is 4.52 Å². The molecule has 0 bridgehead atoms. The van der Waals surface area contributed by atoms with E-state index in [1.807, 2.05) is 13.8 Å². The first-order valence-electron chi connectivity index (χ1n) is 4.10. The van der Waals surface area contributed by atoms with E-state index in [-0.39, 0.29) is 12.7 Å². The van der Waals surface area contributed by atoms with Crippen molar-refractivity contribution in [3.8, 4) is 0 Å². The first kappa shape index (κ1) is 10.4. The van der Waals surface area contributed by atoms with Gasteiger partial charge in [-0.2, -0.15) is 0 Å². The van der Waals surface area contributed by atoms with Crippen molar-refractivity contribution in [1.29, 1.82) is 0 Å². The van der Waals surface area contributed by atoms with Gasteiger partial charge in [-0.3, -0.25) is 0 Å². The first-order valence-corrected chi connectivity index (χ1v) is 5.34. The zero-order valence-electron chi connectivity index (χ0n) is 7.56. The van der Waals surface area contributed by atoms with Crippen LogP contribution in [-0.2, 0) is 18.6 Å². The summed E-state index contributed by atoms with van der Waals surface area (Å²) >= 11 is 0. The Balaban J connectivity index is 2.35. The third-order valence-electron chi connectivity index (χ3n) is 1.67. The van der Waals surface area contributed by atoms with Crippen molar-refractivity contribution in [3.63, 3.8) is 0 Å². The normalized spacial score (nSPS) is 24.9. The molecule has 1 rings (SSSR count). The van der Waals surface area contributed by atoms with Crippen molar-refractivity contribution in [3.05, 3.63) is 0 Å². The van der Waals surface area contributed by atoms with Crippen LogP contribution < -0.4 is 0 Å². The summed E-state index contributed by atoms with van der Waals surface area (Å²) in [5.74, 6) is -0.739. The minimum absolute atomic E-state index is 0.0183. The summed E-state index contributed by atoms with van der Waals surface area (Å²) in [6.07, 6.45) is -0.105. The standard InChI is InChI=1S/C7H12O5P/c1-3-5(2)12-13(9)6-4-10-7(8)11-6/h5-6H,3-4H2,1-2H3/q+1. The van der Waals surface area contributed by atoms with Gasteiger partial charge in [0.2, 0.25) is 0 Å². The second kappa shape index (κ2) is 4.53. The average molecular weight is 207 g/mol. The highest BCUT2D eigenvalue weighted by atomic mass is 31.1. The van der Waals surface area contributed by atoms with E-state index in [1.54, 1.807) is 0 Å². The molecule has 0 aromatic rings. The molecule has 0 spiro atoms. The second-order valence-corrected chi connectivity index (χ2v) is 4.10. The van der Waals surface area contributed by atoms with Gasteiger partial charge in [-0.25, -0.2) is 4.79 Å². The van der Waals surface area contributed by atoms with Gasteiger partial charge in [0.25, 0.3) is 0 Å². The summed E-state index contributed by atoms with van der Waals surface area (Å²) < 4.78 is 25.5. The van der Waals surface area contributed by atoms with E-state index in [0.29, 0.717) is 0 Å². The lowest BCUT2D eigenvalue weighted by Gasteiger charge is -1.99. The molecule has 0 aromatic heterocycles. The highest BCUT2D eigenvalue weighted by Crippen LogP contribution is 2.35. The molecule has 0 amide bonds. The van der Waals surface area contributed by atoms with Crippen LogP contribution in [-0.4, -0.2) is 24.7 Å². The van der Waals surface area contributed by atoms with E-state index in [4.69, 9.17) is 4.52 Å². The van der Waals surface area contributed by atoms with Crippen LogP contribution in [0, 0.1) is 0 Å². The molecular weight excluding hydrogens is 195 g/mol. The quantitative estimate of drug-likeness (QED) is 0.521. The number of ether oxygens (including phenoxy) is 2. The molecule has 74 valence electrons. The van der Waals surface area contributed by atoms with Gasteiger partial charge < -0.3 is 9.47 Å². The number of hydrogen-bond acceptors (Lipinski definition) is 5. The Hall–Kier alpha value is -0.670. The van der Waals surface area contributed by atoms with Crippen LogP contribution in [0.3, 0.4) is 0 Å². The van der Waals surface area contributed by atoms with Crippen LogP contribution in [0.4, 0.5) is 4.79 Å². The highest BCUT2D eigenvalue weighted by molar-refractivity contribution is 7.39. The van der Waals surface area contributed by atoms with Crippen LogP contribution in [0.15, 0.2) is 0 Å². The van der Waals surface area contributed by atoms with E-state index >= 15 is 0 Å². The Morgan fingerprint density at radius 1 is 1.77 bits per heavy atom. The van der Waals surface area contributed by atoms with Crippen molar-refractivity contribution in [2.45, 2.75) is 32.2 Å². The Morgan fingerprint density at radius 2 is 2.46 bits per heavy atom. The molecule has 3 atom stereocenters. The molecule has 6 heteroatoms. The van der Waals surface area contributed by atoms with Crippen molar-refractivity contribution in [2.24, 2.45) is 0 Å². The maximum atomic E-state index is 11.3. The van der Waals surface area contributed by atoms with Crippen LogP contribution in [0.25, 0.3) is 0 Å². The summed E-state index contributed by atoms with van der Waals surface area (Å²) in [6, 6.07) is 0. The molecule has 1 heterocycles. The van der Waals surface area contributed by atoms with Crippen LogP contribution in [0.2, 0.25) is 0 Å². The second-order valence-electron chi connectivity index (χ2n) is 2.74. The summed E-state index contributed by atoms with van der Waals surface area (Å²) in [5, 5.41) is 0. The minimum atomic E-state index is -1.97. The summed E-state index contributed by atoms with van der Waals surface area (Å²) in [5.41, 5.74) is 0. The fourth-order valence-electron chi connectivity index (χ4n) is 0.742. The molecule has 1 aliphatic rings. The SMILES string of the molecule is CCC(C)O[P+](=O)C1COC(=O)O1. The predicted molar refractivity (Wildman–Crippen MR) is 44.7 cm³/mol. The zero-order chi connectivity index (χ0) is 9.84. The summed E-state index contributed by atoms with van der Waals surface area (Å²) in [6.45, 7) is 3.75. The maximum Gasteiger partial charge on any atom is 0.557 e. The molecule has 13 heavy (non-hydrogen) atoms. The molecule has 1 fully saturated rings. The van der Waals surface area contributed by atoms with Gasteiger partial charge in [0, 0.05) is 0 Å². The molecule has 3 unspecified atom stereocenters. The van der Waals surface area contributed by atoms with Crippen LogP contribution >= 0.6 is 8.03 Å². The Kier molecular flexibility index (Phi) is 3.63. The topological polar surface area (TPSA) is 61.8 Å². The molecule has 5 nitrogen and oxygen atoms in total. The molecule has 0 aliphatic carbocycles. The van der Waals surface area contributed by atoms with Crippen molar-refractivity contribution in [2.75, 3.05) is 6.61 Å². The summed E-state index contributed by atoms with van der Waals surface area (Å²) in [7, 11) is -1.97. The number of cyclic esters (lactones) is 2. The average Bonchev–Trinajstić information content (AvgIpc) is 2.51. The van der Waals surface area contributed by atoms with Gasteiger partial charge >= 0.3 is 20.0 Å². The van der Waals surface area contributed by atoms with E-state index in [2.05, 4.69) is 9.47 Å². The third kappa shape index (κ3) is 2.94. The van der Waals surface area contributed by atoms with Gasteiger partial charge in [0.1, 0.15) is 6.10 Å². The number of rotatable bonds is 4. The molecule has 0 N–H and O–H groups in total. The van der Waals surface area contributed by atoms with Crippen LogP contribution in [0.5, 0.6) is 0 Å². The Morgan fingerprint density at radius 3 is 2.92 bits per heavy atom. The van der Waals surface area contributed by atoms with Crippen molar-refractivity contribution < 1.29 is 23.4 Å². The van der Waals surface area contributed by atoms with Crippen molar-refractivity contribution in [1.82, 2.24) is 0 Å². The minimum Gasteiger partial charge on any atom is -0.425 e. The number of hydrogen-bond donors (Lipinski definition) is 0. The molecule has 0 saturated carbocycles. The monoisotopic (exact) mass is 207 g/mol. The molecule has 0 radical (unpaired) electrons. The van der Waals surface area contributed by atoms with E-state index in [0.717, 1.165) is 6.42 Å². The largest absolute Gasteiger partial charge is 0.557 e. The maximum absolute atomic E-state index is 11.3. The first-order chi connectivity index (χ1) is 6.13. The Labute approximate surface area is 77.2 Å². The lowest BCUT2D eigenvalue weighted by atomic mass is 10.3. The van der Waals surface area contributed by atoms with Crippen molar-refractivity contribution >= 4 is 14.2 Å². The lowest BCUT2D eigenvalue weighted by Crippen LogP contribution is -2.09. The fourth-order valence-corrected chi connectivity index (χ4v) is 1.75. The lowest BCUT2D eigenvalue weighted by molar-refractivity contribution is 0.124. The molecule has 1 aliphatic heterocycles. The smallest absolute Gasteiger partial charge is 0.425 e. The van der Waals surface area contributed by atoms with E-state index < -0.39 is 20.0 Å². The van der Waals surface area contributed by atoms with Gasteiger partial charge in [-0.05, 0) is 17.9 Å². The van der Waals surface area contributed by atoms with Gasteiger partial charge in [0.15, 0.2) is 6.61 Å². The van der Waals surface area contributed by atoms with E-state index in [1.165, 1.54) is 0 Å². The summed E-state index contributed by atoms with van der Waals surface area (Å²) in [4.78, 5) is 10.5.